The van der Waals surface area contributed by atoms with Gasteiger partial charge in [0.15, 0.2) is 0 Å². The van der Waals surface area contributed by atoms with E-state index in [9.17, 15) is 4.79 Å². The van der Waals surface area contributed by atoms with Crippen molar-refractivity contribution < 1.29 is 4.79 Å². The minimum Gasteiger partial charge on any atom is -0.310 e. The number of anilines is 1. The number of nitrogens with one attached hydrogen (secondary N) is 1. The van der Waals surface area contributed by atoms with E-state index in [0.29, 0.717) is 11.8 Å². The van der Waals surface area contributed by atoms with Crippen LogP contribution in [0.25, 0.3) is 5.95 Å². The van der Waals surface area contributed by atoms with Crippen LogP contribution in [-0.4, -0.2) is 25.7 Å². The topological polar surface area (TPSA) is 72.7 Å². The molecule has 0 spiro atoms. The van der Waals surface area contributed by atoms with Crippen LogP contribution in [0.15, 0.2) is 12.1 Å². The summed E-state index contributed by atoms with van der Waals surface area (Å²) in [5.41, 5.74) is 2.59. The molecule has 1 N–H and O–H groups in total. The summed E-state index contributed by atoms with van der Waals surface area (Å²) in [6, 6.07) is 3.78. The van der Waals surface area contributed by atoms with E-state index in [-0.39, 0.29) is 11.8 Å². The van der Waals surface area contributed by atoms with Gasteiger partial charge in [0, 0.05) is 23.4 Å². The Balaban J connectivity index is 1.87. The Morgan fingerprint density at radius 3 is 2.35 bits per heavy atom. The van der Waals surface area contributed by atoms with Gasteiger partial charge in [-0.2, -0.15) is 9.78 Å². The highest BCUT2D eigenvalue weighted by molar-refractivity contribution is 5.92. The summed E-state index contributed by atoms with van der Waals surface area (Å²) in [4.78, 5) is 21.4. The molecule has 122 valence electrons. The van der Waals surface area contributed by atoms with Crippen molar-refractivity contribution in [2.75, 3.05) is 5.32 Å². The van der Waals surface area contributed by atoms with Crippen LogP contribution in [0, 0.1) is 26.7 Å². The van der Waals surface area contributed by atoms with Gasteiger partial charge in [-0.25, -0.2) is 9.97 Å². The fourth-order valence-electron chi connectivity index (χ4n) is 3.14. The van der Waals surface area contributed by atoms with Gasteiger partial charge >= 0.3 is 0 Å². The van der Waals surface area contributed by atoms with E-state index < -0.39 is 0 Å². The first kappa shape index (κ1) is 15.6. The molecule has 0 atom stereocenters. The van der Waals surface area contributed by atoms with Crippen molar-refractivity contribution in [3.63, 3.8) is 0 Å². The van der Waals surface area contributed by atoms with E-state index in [1.165, 1.54) is 6.42 Å². The lowest BCUT2D eigenvalue weighted by Crippen LogP contribution is -2.26. The predicted octanol–water partition coefficient (Wildman–Crippen LogP) is 3.11. The molecule has 1 saturated carbocycles. The zero-order valence-electron chi connectivity index (χ0n) is 14.0. The van der Waals surface area contributed by atoms with Crippen molar-refractivity contribution in [2.45, 2.75) is 52.9 Å². The zero-order valence-corrected chi connectivity index (χ0v) is 14.0. The number of nitrogens with zero attached hydrogens (tertiary/aromatic N) is 4. The number of hydrogen-bond acceptors (Lipinski definition) is 4. The average Bonchev–Trinajstić information content (AvgIpc) is 2.88. The largest absolute Gasteiger partial charge is 0.310 e. The van der Waals surface area contributed by atoms with Crippen LogP contribution in [0.3, 0.4) is 0 Å². The van der Waals surface area contributed by atoms with Gasteiger partial charge in [-0.05, 0) is 39.7 Å². The summed E-state index contributed by atoms with van der Waals surface area (Å²) >= 11 is 0. The molecule has 0 aromatic carbocycles. The second kappa shape index (κ2) is 6.48. The van der Waals surface area contributed by atoms with E-state index >= 15 is 0 Å². The van der Waals surface area contributed by atoms with Crippen LogP contribution in [0.1, 0.15) is 49.2 Å². The SMILES string of the molecule is Cc1cc(C)nc(-n2nc(C)cc2NC(=O)C2CCCCC2)n1. The maximum atomic E-state index is 12.5. The van der Waals surface area contributed by atoms with Crippen LogP contribution in [-0.2, 0) is 4.79 Å². The van der Waals surface area contributed by atoms with Crippen molar-refractivity contribution in [2.24, 2.45) is 5.92 Å². The van der Waals surface area contributed by atoms with Crippen LogP contribution >= 0.6 is 0 Å². The third-order valence-corrected chi connectivity index (χ3v) is 4.22. The van der Waals surface area contributed by atoms with Gasteiger partial charge in [-0.15, -0.1) is 0 Å². The Morgan fingerprint density at radius 1 is 1.04 bits per heavy atom. The quantitative estimate of drug-likeness (QED) is 0.945. The van der Waals surface area contributed by atoms with E-state index in [0.717, 1.165) is 42.8 Å². The van der Waals surface area contributed by atoms with Crippen molar-refractivity contribution in [1.82, 2.24) is 19.7 Å². The lowest BCUT2D eigenvalue weighted by atomic mass is 9.89. The number of carbonyl (C=O) groups is 1. The first-order chi connectivity index (χ1) is 11.0. The monoisotopic (exact) mass is 313 g/mol. The first-order valence-electron chi connectivity index (χ1n) is 8.23. The van der Waals surface area contributed by atoms with Gasteiger partial charge in [0.2, 0.25) is 5.91 Å². The first-order valence-corrected chi connectivity index (χ1v) is 8.23. The van der Waals surface area contributed by atoms with E-state index in [4.69, 9.17) is 0 Å². The second-order valence-electron chi connectivity index (χ2n) is 6.36. The molecule has 1 aliphatic rings. The van der Waals surface area contributed by atoms with Crippen LogP contribution in [0.2, 0.25) is 0 Å². The number of hydrogen-bond donors (Lipinski definition) is 1. The molecule has 3 rings (SSSR count). The Labute approximate surface area is 136 Å². The van der Waals surface area contributed by atoms with Crippen LogP contribution in [0.4, 0.5) is 5.82 Å². The minimum absolute atomic E-state index is 0.0789. The number of amides is 1. The molecule has 0 bridgehead atoms. The third kappa shape index (κ3) is 3.57. The minimum atomic E-state index is 0.0789. The van der Waals surface area contributed by atoms with E-state index in [2.05, 4.69) is 20.4 Å². The summed E-state index contributed by atoms with van der Waals surface area (Å²) < 4.78 is 1.62. The van der Waals surface area contributed by atoms with Gasteiger partial charge in [-0.1, -0.05) is 19.3 Å². The van der Waals surface area contributed by atoms with Crippen molar-refractivity contribution in [3.05, 3.63) is 29.2 Å². The molecule has 2 aromatic rings. The molecule has 2 aromatic heterocycles. The summed E-state index contributed by atoms with van der Waals surface area (Å²) in [6.45, 7) is 5.75. The summed E-state index contributed by atoms with van der Waals surface area (Å²) in [6.07, 6.45) is 5.45. The molecule has 0 saturated heterocycles. The highest BCUT2D eigenvalue weighted by Gasteiger charge is 2.23. The smallest absolute Gasteiger partial charge is 0.252 e. The molecule has 6 nitrogen and oxygen atoms in total. The molecular formula is C17H23N5O. The Kier molecular flexibility index (Phi) is 4.41. The zero-order chi connectivity index (χ0) is 16.4. The molecule has 2 heterocycles. The summed E-state index contributed by atoms with van der Waals surface area (Å²) in [7, 11) is 0. The molecule has 0 aliphatic heterocycles. The molecule has 23 heavy (non-hydrogen) atoms. The fraction of sp³-hybridized carbons (Fsp3) is 0.529. The highest BCUT2D eigenvalue weighted by Crippen LogP contribution is 2.25. The molecule has 0 unspecified atom stereocenters. The Bertz CT molecular complexity index is 696. The summed E-state index contributed by atoms with van der Waals surface area (Å²) in [5, 5.41) is 7.46. The number of aryl methyl sites for hydroxylation is 3. The normalized spacial score (nSPS) is 15.6. The molecule has 1 fully saturated rings. The lowest BCUT2D eigenvalue weighted by molar-refractivity contribution is -0.120. The van der Waals surface area contributed by atoms with Gasteiger partial charge in [0.25, 0.3) is 5.95 Å². The van der Waals surface area contributed by atoms with Gasteiger partial charge in [-0.3, -0.25) is 4.79 Å². The Hall–Kier alpha value is -2.24. The van der Waals surface area contributed by atoms with Crippen molar-refractivity contribution >= 4 is 11.7 Å². The van der Waals surface area contributed by atoms with Crippen molar-refractivity contribution in [3.8, 4) is 5.95 Å². The molecule has 1 amide bonds. The molecule has 1 aliphatic carbocycles. The maximum Gasteiger partial charge on any atom is 0.252 e. The third-order valence-electron chi connectivity index (χ3n) is 4.22. The van der Waals surface area contributed by atoms with Crippen LogP contribution < -0.4 is 5.32 Å². The number of aromatic nitrogens is 4. The number of rotatable bonds is 3. The fourth-order valence-corrected chi connectivity index (χ4v) is 3.14. The number of carbonyl (C=O) groups excluding carboxylic acids is 1. The van der Waals surface area contributed by atoms with Gasteiger partial charge in [0.1, 0.15) is 5.82 Å². The lowest BCUT2D eigenvalue weighted by Gasteiger charge is -2.20. The van der Waals surface area contributed by atoms with Gasteiger partial charge in [0.05, 0.1) is 5.69 Å². The summed E-state index contributed by atoms with van der Waals surface area (Å²) in [5.74, 6) is 1.32. The van der Waals surface area contributed by atoms with Crippen molar-refractivity contribution in [1.29, 1.82) is 0 Å². The molecular weight excluding hydrogens is 290 g/mol. The van der Waals surface area contributed by atoms with E-state index in [1.807, 2.05) is 32.9 Å². The predicted molar refractivity (Wildman–Crippen MR) is 88.6 cm³/mol. The molecule has 0 radical (unpaired) electrons. The van der Waals surface area contributed by atoms with E-state index in [1.54, 1.807) is 4.68 Å². The van der Waals surface area contributed by atoms with Gasteiger partial charge < -0.3 is 5.32 Å². The Morgan fingerprint density at radius 2 is 1.70 bits per heavy atom. The molecule has 6 heteroatoms. The van der Waals surface area contributed by atoms with Crippen LogP contribution in [0.5, 0.6) is 0 Å². The highest BCUT2D eigenvalue weighted by atomic mass is 16.2. The maximum absolute atomic E-state index is 12.5. The standard InChI is InChI=1S/C17H23N5O/c1-11-9-12(2)19-17(18-11)22-15(10-13(3)21-22)20-16(23)14-7-5-4-6-8-14/h9-10,14H,4-8H2,1-3H3,(H,20,23). The second-order valence-corrected chi connectivity index (χ2v) is 6.36. The average molecular weight is 313 g/mol.